The van der Waals surface area contributed by atoms with Gasteiger partial charge in [0, 0.05) is 49.4 Å². The van der Waals surface area contributed by atoms with Gasteiger partial charge in [-0.1, -0.05) is 18.2 Å². The van der Waals surface area contributed by atoms with Crippen LogP contribution >= 0.6 is 0 Å². The van der Waals surface area contributed by atoms with E-state index >= 15 is 0 Å². The Hall–Kier alpha value is -1.65. The van der Waals surface area contributed by atoms with Gasteiger partial charge in [-0.3, -0.25) is 4.98 Å². The number of fused-ring (bicyclic) bond motifs is 1. The fourth-order valence-corrected chi connectivity index (χ4v) is 2.64. The van der Waals surface area contributed by atoms with Crippen LogP contribution in [-0.4, -0.2) is 35.5 Å². The molecule has 1 aromatic heterocycles. The number of aryl methyl sites for hydroxylation is 1. The van der Waals surface area contributed by atoms with Gasteiger partial charge in [0.15, 0.2) is 0 Å². The largest absolute Gasteiger partial charge is 0.388 e. The molecule has 106 valence electrons. The molecule has 4 nitrogen and oxygen atoms in total. The summed E-state index contributed by atoms with van der Waals surface area (Å²) in [7, 11) is 0. The van der Waals surface area contributed by atoms with Crippen molar-refractivity contribution in [2.75, 3.05) is 25.1 Å². The van der Waals surface area contributed by atoms with E-state index in [1.165, 1.54) is 0 Å². The summed E-state index contributed by atoms with van der Waals surface area (Å²) in [5.74, 6) is 0. The molecule has 1 aromatic carbocycles. The van der Waals surface area contributed by atoms with Gasteiger partial charge in [-0.25, -0.2) is 0 Å². The van der Waals surface area contributed by atoms with Crippen molar-refractivity contribution in [3.8, 4) is 0 Å². The number of anilines is 1. The molecule has 1 fully saturated rings. The molecule has 0 atom stereocenters. The molecule has 1 saturated heterocycles. The first-order chi connectivity index (χ1) is 9.66. The zero-order valence-electron chi connectivity index (χ0n) is 11.7. The first-order valence-corrected chi connectivity index (χ1v) is 7.07. The van der Waals surface area contributed by atoms with E-state index in [0.717, 1.165) is 22.3 Å². The highest BCUT2D eigenvalue weighted by molar-refractivity contribution is 5.91. The molecular weight excluding hydrogens is 252 g/mol. The monoisotopic (exact) mass is 272 g/mol. The van der Waals surface area contributed by atoms with Gasteiger partial charge in [-0.2, -0.15) is 0 Å². The summed E-state index contributed by atoms with van der Waals surface area (Å²) >= 11 is 0. The summed E-state index contributed by atoms with van der Waals surface area (Å²) in [6.45, 7) is 3.80. The number of para-hydroxylation sites is 1. The number of hydrogen-bond acceptors (Lipinski definition) is 4. The Bertz CT molecular complexity index is 606. The molecule has 0 amide bonds. The van der Waals surface area contributed by atoms with Crippen molar-refractivity contribution in [2.24, 2.45) is 0 Å². The number of nitrogens with one attached hydrogen (secondary N) is 1. The van der Waals surface area contributed by atoms with Crippen molar-refractivity contribution < 1.29 is 9.84 Å². The van der Waals surface area contributed by atoms with Gasteiger partial charge in [-0.15, -0.1) is 0 Å². The molecule has 20 heavy (non-hydrogen) atoms. The Labute approximate surface area is 118 Å². The third-order valence-electron chi connectivity index (χ3n) is 3.88. The molecule has 4 heteroatoms. The minimum Gasteiger partial charge on any atom is -0.388 e. The third-order valence-corrected chi connectivity index (χ3v) is 3.88. The Morgan fingerprint density at radius 2 is 2.05 bits per heavy atom. The minimum atomic E-state index is -0.670. The molecule has 0 radical (unpaired) electrons. The van der Waals surface area contributed by atoms with Crippen molar-refractivity contribution in [1.29, 1.82) is 0 Å². The molecule has 0 unspecified atom stereocenters. The van der Waals surface area contributed by atoms with Gasteiger partial charge in [0.1, 0.15) is 0 Å². The summed E-state index contributed by atoms with van der Waals surface area (Å²) in [5.41, 5.74) is 2.32. The van der Waals surface area contributed by atoms with Gasteiger partial charge in [-0.05, 0) is 19.1 Å². The highest BCUT2D eigenvalue weighted by Crippen LogP contribution is 2.26. The van der Waals surface area contributed by atoms with Crippen LogP contribution in [0.2, 0.25) is 0 Å². The van der Waals surface area contributed by atoms with Gasteiger partial charge in [0.05, 0.1) is 11.1 Å². The first kappa shape index (κ1) is 13.3. The number of ether oxygens (including phenoxy) is 1. The van der Waals surface area contributed by atoms with Crippen LogP contribution < -0.4 is 5.32 Å². The molecule has 0 saturated carbocycles. The van der Waals surface area contributed by atoms with Crippen LogP contribution in [0.5, 0.6) is 0 Å². The first-order valence-electron chi connectivity index (χ1n) is 7.07. The Balaban J connectivity index is 1.83. The van der Waals surface area contributed by atoms with Gasteiger partial charge in [0.2, 0.25) is 0 Å². The second-order valence-electron chi connectivity index (χ2n) is 5.52. The number of aliphatic hydroxyl groups is 1. The van der Waals surface area contributed by atoms with E-state index in [9.17, 15) is 5.11 Å². The van der Waals surface area contributed by atoms with E-state index in [2.05, 4.69) is 16.4 Å². The van der Waals surface area contributed by atoms with E-state index in [0.29, 0.717) is 32.6 Å². The average Bonchev–Trinajstić information content (AvgIpc) is 2.45. The van der Waals surface area contributed by atoms with Crippen molar-refractivity contribution in [3.63, 3.8) is 0 Å². The molecule has 2 heterocycles. The third kappa shape index (κ3) is 2.76. The van der Waals surface area contributed by atoms with E-state index < -0.39 is 5.60 Å². The number of hydrogen-bond donors (Lipinski definition) is 2. The summed E-state index contributed by atoms with van der Waals surface area (Å²) in [4.78, 5) is 4.53. The predicted molar refractivity (Wildman–Crippen MR) is 80.0 cm³/mol. The SMILES string of the molecule is Cc1cc(NCC2(O)CCOCC2)c2ccccc2n1. The predicted octanol–water partition coefficient (Wildman–Crippen LogP) is 2.50. The van der Waals surface area contributed by atoms with Crippen LogP contribution in [0.4, 0.5) is 5.69 Å². The maximum absolute atomic E-state index is 10.5. The van der Waals surface area contributed by atoms with Gasteiger partial charge in [0.25, 0.3) is 0 Å². The van der Waals surface area contributed by atoms with Crippen molar-refractivity contribution in [2.45, 2.75) is 25.4 Å². The molecule has 1 aliphatic heterocycles. The average molecular weight is 272 g/mol. The highest BCUT2D eigenvalue weighted by atomic mass is 16.5. The van der Waals surface area contributed by atoms with Crippen molar-refractivity contribution in [3.05, 3.63) is 36.0 Å². The lowest BCUT2D eigenvalue weighted by Gasteiger charge is -2.32. The second-order valence-corrected chi connectivity index (χ2v) is 5.52. The Morgan fingerprint density at radius 3 is 2.85 bits per heavy atom. The quantitative estimate of drug-likeness (QED) is 0.901. The molecule has 2 N–H and O–H groups in total. The summed E-state index contributed by atoms with van der Waals surface area (Å²) in [6, 6.07) is 10.1. The van der Waals surface area contributed by atoms with E-state index in [-0.39, 0.29) is 0 Å². The fourth-order valence-electron chi connectivity index (χ4n) is 2.64. The number of rotatable bonds is 3. The zero-order valence-corrected chi connectivity index (χ0v) is 11.7. The van der Waals surface area contributed by atoms with Gasteiger partial charge >= 0.3 is 0 Å². The zero-order chi connectivity index (χ0) is 14.0. The summed E-state index contributed by atoms with van der Waals surface area (Å²) in [5, 5.41) is 15.0. The molecule has 2 aromatic rings. The van der Waals surface area contributed by atoms with Crippen LogP contribution in [-0.2, 0) is 4.74 Å². The number of nitrogens with zero attached hydrogens (tertiary/aromatic N) is 1. The molecule has 0 aliphatic carbocycles. The number of benzene rings is 1. The van der Waals surface area contributed by atoms with Crippen LogP contribution in [0.25, 0.3) is 10.9 Å². The lowest BCUT2D eigenvalue weighted by Crippen LogP contribution is -2.42. The Kier molecular flexibility index (Phi) is 3.59. The molecular formula is C16H20N2O2. The van der Waals surface area contributed by atoms with Crippen molar-refractivity contribution >= 4 is 16.6 Å². The second kappa shape index (κ2) is 5.38. The topological polar surface area (TPSA) is 54.4 Å². The lowest BCUT2D eigenvalue weighted by atomic mass is 9.94. The van der Waals surface area contributed by atoms with E-state index in [1.807, 2.05) is 31.2 Å². The normalized spacial score (nSPS) is 18.1. The summed E-state index contributed by atoms with van der Waals surface area (Å²) < 4.78 is 5.31. The van der Waals surface area contributed by atoms with Crippen LogP contribution in [0.3, 0.4) is 0 Å². The van der Waals surface area contributed by atoms with Gasteiger partial charge < -0.3 is 15.2 Å². The molecule has 3 rings (SSSR count). The maximum atomic E-state index is 10.5. The molecule has 1 aliphatic rings. The molecule has 0 bridgehead atoms. The highest BCUT2D eigenvalue weighted by Gasteiger charge is 2.29. The summed E-state index contributed by atoms with van der Waals surface area (Å²) in [6.07, 6.45) is 1.37. The number of pyridine rings is 1. The van der Waals surface area contributed by atoms with Crippen LogP contribution in [0.1, 0.15) is 18.5 Å². The van der Waals surface area contributed by atoms with Crippen LogP contribution in [0.15, 0.2) is 30.3 Å². The van der Waals surface area contributed by atoms with Crippen molar-refractivity contribution in [1.82, 2.24) is 4.98 Å². The Morgan fingerprint density at radius 1 is 1.30 bits per heavy atom. The number of aromatic nitrogens is 1. The smallest absolute Gasteiger partial charge is 0.0863 e. The maximum Gasteiger partial charge on any atom is 0.0863 e. The molecule has 0 spiro atoms. The van der Waals surface area contributed by atoms with E-state index in [1.54, 1.807) is 0 Å². The van der Waals surface area contributed by atoms with E-state index in [4.69, 9.17) is 4.74 Å². The standard InChI is InChI=1S/C16H20N2O2/c1-12-10-15(13-4-2-3-5-14(13)18-12)17-11-16(19)6-8-20-9-7-16/h2-5,10,19H,6-9,11H2,1H3,(H,17,18). The van der Waals surface area contributed by atoms with Crippen LogP contribution in [0, 0.1) is 6.92 Å². The lowest BCUT2D eigenvalue weighted by molar-refractivity contribution is -0.0543. The fraction of sp³-hybridized carbons (Fsp3) is 0.438. The minimum absolute atomic E-state index is 0.545.